The molecule has 1 unspecified atom stereocenters. The molecular formula is C14H21BrFNO2. The number of aliphatic hydroxyl groups excluding tert-OH is 1. The van der Waals surface area contributed by atoms with E-state index in [4.69, 9.17) is 4.74 Å². The molecule has 2 N–H and O–H groups in total. The van der Waals surface area contributed by atoms with Gasteiger partial charge in [0.2, 0.25) is 0 Å². The van der Waals surface area contributed by atoms with Crippen molar-refractivity contribution in [2.45, 2.75) is 26.5 Å². The van der Waals surface area contributed by atoms with E-state index in [2.05, 4.69) is 35.1 Å². The molecular weight excluding hydrogens is 313 g/mol. The first-order chi connectivity index (χ1) is 8.99. The van der Waals surface area contributed by atoms with Gasteiger partial charge < -0.3 is 15.2 Å². The third kappa shape index (κ3) is 7.01. The number of aliphatic hydroxyl groups is 1. The molecule has 5 heteroatoms. The fourth-order valence-corrected chi connectivity index (χ4v) is 1.87. The van der Waals surface area contributed by atoms with Crippen LogP contribution < -0.4 is 5.32 Å². The molecule has 0 radical (unpaired) electrons. The van der Waals surface area contributed by atoms with Crippen LogP contribution in [0.3, 0.4) is 0 Å². The van der Waals surface area contributed by atoms with Gasteiger partial charge in [-0.2, -0.15) is 0 Å². The number of halogens is 2. The van der Waals surface area contributed by atoms with Gasteiger partial charge in [0, 0.05) is 29.7 Å². The number of rotatable bonds is 8. The SMILES string of the molecule is CC(C)COCC(O)CNCc1ccc(Br)cc1F. The zero-order valence-corrected chi connectivity index (χ0v) is 12.9. The summed E-state index contributed by atoms with van der Waals surface area (Å²) in [5, 5.41) is 12.7. The van der Waals surface area contributed by atoms with Crippen LogP contribution in [0.25, 0.3) is 0 Å². The molecule has 0 aromatic heterocycles. The van der Waals surface area contributed by atoms with E-state index in [1.807, 2.05) is 0 Å². The van der Waals surface area contributed by atoms with E-state index in [1.165, 1.54) is 6.07 Å². The summed E-state index contributed by atoms with van der Waals surface area (Å²) in [6, 6.07) is 4.94. The van der Waals surface area contributed by atoms with Gasteiger partial charge in [-0.1, -0.05) is 35.8 Å². The minimum absolute atomic E-state index is 0.257. The molecule has 19 heavy (non-hydrogen) atoms. The van der Waals surface area contributed by atoms with Crippen LogP contribution in [0.2, 0.25) is 0 Å². The van der Waals surface area contributed by atoms with Crippen LogP contribution in [0.15, 0.2) is 22.7 Å². The van der Waals surface area contributed by atoms with E-state index in [9.17, 15) is 9.50 Å². The zero-order valence-electron chi connectivity index (χ0n) is 11.3. The number of nitrogens with one attached hydrogen (secondary N) is 1. The molecule has 1 atom stereocenters. The Morgan fingerprint density at radius 3 is 2.74 bits per heavy atom. The number of hydrogen-bond acceptors (Lipinski definition) is 3. The molecule has 0 fully saturated rings. The second-order valence-electron chi connectivity index (χ2n) is 4.95. The van der Waals surface area contributed by atoms with Crippen LogP contribution in [0.5, 0.6) is 0 Å². The Morgan fingerprint density at radius 2 is 2.11 bits per heavy atom. The van der Waals surface area contributed by atoms with Crippen molar-refractivity contribution >= 4 is 15.9 Å². The second-order valence-corrected chi connectivity index (χ2v) is 5.87. The highest BCUT2D eigenvalue weighted by Gasteiger charge is 2.06. The number of hydrogen-bond donors (Lipinski definition) is 2. The van der Waals surface area contributed by atoms with E-state index in [1.54, 1.807) is 12.1 Å². The molecule has 0 amide bonds. The van der Waals surface area contributed by atoms with Crippen LogP contribution in [0.1, 0.15) is 19.4 Å². The van der Waals surface area contributed by atoms with Crippen LogP contribution in [0.4, 0.5) is 4.39 Å². The molecule has 1 rings (SSSR count). The molecule has 0 aliphatic carbocycles. The third-order valence-electron chi connectivity index (χ3n) is 2.47. The van der Waals surface area contributed by atoms with Crippen LogP contribution >= 0.6 is 15.9 Å². The monoisotopic (exact) mass is 333 g/mol. The molecule has 1 aromatic carbocycles. The first-order valence-electron chi connectivity index (χ1n) is 6.39. The van der Waals surface area contributed by atoms with Crippen molar-refractivity contribution in [3.8, 4) is 0 Å². The number of ether oxygens (including phenoxy) is 1. The van der Waals surface area contributed by atoms with E-state index >= 15 is 0 Å². The van der Waals surface area contributed by atoms with Gasteiger partial charge in [0.05, 0.1) is 12.7 Å². The summed E-state index contributed by atoms with van der Waals surface area (Å²) in [6.07, 6.45) is -0.572. The first kappa shape index (κ1) is 16.6. The van der Waals surface area contributed by atoms with Gasteiger partial charge in [-0.05, 0) is 18.1 Å². The van der Waals surface area contributed by atoms with Gasteiger partial charge in [0.15, 0.2) is 0 Å². The molecule has 0 saturated carbocycles. The highest BCUT2D eigenvalue weighted by molar-refractivity contribution is 9.10. The van der Waals surface area contributed by atoms with Gasteiger partial charge in [-0.25, -0.2) is 4.39 Å². The largest absolute Gasteiger partial charge is 0.389 e. The topological polar surface area (TPSA) is 41.5 Å². The lowest BCUT2D eigenvalue weighted by atomic mass is 10.2. The van der Waals surface area contributed by atoms with Gasteiger partial charge in [-0.3, -0.25) is 0 Å². The maximum atomic E-state index is 13.5. The van der Waals surface area contributed by atoms with Crippen LogP contribution in [0, 0.1) is 11.7 Å². The molecule has 3 nitrogen and oxygen atoms in total. The maximum absolute atomic E-state index is 13.5. The summed E-state index contributed by atoms with van der Waals surface area (Å²) in [5.74, 6) is 0.199. The molecule has 0 aliphatic rings. The molecule has 0 saturated heterocycles. The lowest BCUT2D eigenvalue weighted by Crippen LogP contribution is -2.30. The van der Waals surface area contributed by atoms with Gasteiger partial charge >= 0.3 is 0 Å². The minimum atomic E-state index is -0.572. The molecule has 0 bridgehead atoms. The molecule has 0 spiro atoms. The van der Waals surface area contributed by atoms with Crippen LogP contribution in [-0.4, -0.2) is 31.0 Å². The Kier molecular flexibility index (Phi) is 7.53. The highest BCUT2D eigenvalue weighted by Crippen LogP contribution is 2.14. The van der Waals surface area contributed by atoms with Crippen molar-refractivity contribution in [2.24, 2.45) is 5.92 Å². The summed E-state index contributed by atoms with van der Waals surface area (Å²) < 4.78 is 19.6. The van der Waals surface area contributed by atoms with Gasteiger partial charge in [0.1, 0.15) is 5.82 Å². The van der Waals surface area contributed by atoms with Crippen molar-refractivity contribution in [3.63, 3.8) is 0 Å². The van der Waals surface area contributed by atoms with E-state index in [-0.39, 0.29) is 5.82 Å². The summed E-state index contributed by atoms with van der Waals surface area (Å²) in [5.41, 5.74) is 0.582. The zero-order chi connectivity index (χ0) is 14.3. The Morgan fingerprint density at radius 1 is 1.37 bits per heavy atom. The normalized spacial score (nSPS) is 12.9. The smallest absolute Gasteiger partial charge is 0.128 e. The fourth-order valence-electron chi connectivity index (χ4n) is 1.54. The predicted octanol–water partition coefficient (Wildman–Crippen LogP) is 2.71. The molecule has 0 heterocycles. The average Bonchev–Trinajstić information content (AvgIpc) is 2.31. The standard InChI is InChI=1S/C14H21BrFNO2/c1-10(2)8-19-9-13(18)7-17-6-11-3-4-12(15)5-14(11)16/h3-5,10,13,17-18H,6-9H2,1-2H3. The second kappa shape index (κ2) is 8.64. The summed E-state index contributed by atoms with van der Waals surface area (Å²) in [4.78, 5) is 0. The Bertz CT molecular complexity index is 388. The van der Waals surface area contributed by atoms with Crippen molar-refractivity contribution in [1.82, 2.24) is 5.32 Å². The average molecular weight is 334 g/mol. The van der Waals surface area contributed by atoms with E-state index < -0.39 is 6.10 Å². The molecule has 1 aromatic rings. The van der Waals surface area contributed by atoms with Crippen molar-refractivity contribution in [1.29, 1.82) is 0 Å². The van der Waals surface area contributed by atoms with Gasteiger partial charge in [-0.15, -0.1) is 0 Å². The Labute approximate surface area is 122 Å². The maximum Gasteiger partial charge on any atom is 0.128 e. The van der Waals surface area contributed by atoms with Gasteiger partial charge in [0.25, 0.3) is 0 Å². The fraction of sp³-hybridized carbons (Fsp3) is 0.571. The van der Waals surface area contributed by atoms with Crippen molar-refractivity contribution in [3.05, 3.63) is 34.1 Å². The molecule has 108 valence electrons. The highest BCUT2D eigenvalue weighted by atomic mass is 79.9. The van der Waals surface area contributed by atoms with E-state index in [0.29, 0.717) is 37.8 Å². The first-order valence-corrected chi connectivity index (χ1v) is 7.18. The third-order valence-corrected chi connectivity index (χ3v) is 2.97. The summed E-state index contributed by atoms with van der Waals surface area (Å²) in [7, 11) is 0. The van der Waals surface area contributed by atoms with E-state index in [0.717, 1.165) is 4.47 Å². The van der Waals surface area contributed by atoms with Crippen molar-refractivity contribution in [2.75, 3.05) is 19.8 Å². The predicted molar refractivity (Wildman–Crippen MR) is 77.5 cm³/mol. The lowest BCUT2D eigenvalue weighted by molar-refractivity contribution is 0.0260. The minimum Gasteiger partial charge on any atom is -0.389 e. The quantitative estimate of drug-likeness (QED) is 0.768. The van der Waals surface area contributed by atoms with Crippen molar-refractivity contribution < 1.29 is 14.2 Å². The Balaban J connectivity index is 2.22. The molecule has 0 aliphatic heterocycles. The summed E-state index contributed by atoms with van der Waals surface area (Å²) >= 11 is 3.21. The Hall–Kier alpha value is -0.490. The van der Waals surface area contributed by atoms with Crippen LogP contribution in [-0.2, 0) is 11.3 Å². The number of benzene rings is 1. The lowest BCUT2D eigenvalue weighted by Gasteiger charge is -2.13. The summed E-state index contributed by atoms with van der Waals surface area (Å²) in [6.45, 7) is 5.82.